The lowest BCUT2D eigenvalue weighted by Gasteiger charge is -2.00. The van der Waals surface area contributed by atoms with E-state index in [2.05, 4.69) is 25.6 Å². The molecule has 1 amide bonds. The fourth-order valence-electron chi connectivity index (χ4n) is 2.62. The second-order valence-corrected chi connectivity index (χ2v) is 5.68. The zero-order valence-corrected chi connectivity index (χ0v) is 14.0. The summed E-state index contributed by atoms with van der Waals surface area (Å²) in [6.45, 7) is 0.276. The van der Waals surface area contributed by atoms with Crippen molar-refractivity contribution in [2.75, 3.05) is 7.11 Å². The molecule has 3 aromatic heterocycles. The van der Waals surface area contributed by atoms with Gasteiger partial charge >= 0.3 is 0 Å². The fourth-order valence-corrected chi connectivity index (χ4v) is 2.62. The number of pyridine rings is 1. The van der Waals surface area contributed by atoms with Gasteiger partial charge in [-0.05, 0) is 30.3 Å². The Balaban J connectivity index is 1.45. The van der Waals surface area contributed by atoms with Crippen molar-refractivity contribution in [1.82, 2.24) is 30.3 Å². The molecule has 2 N–H and O–H groups in total. The van der Waals surface area contributed by atoms with Gasteiger partial charge in [0, 0.05) is 23.2 Å². The van der Waals surface area contributed by atoms with E-state index >= 15 is 0 Å². The van der Waals surface area contributed by atoms with Gasteiger partial charge in [0.2, 0.25) is 0 Å². The van der Waals surface area contributed by atoms with E-state index in [4.69, 9.17) is 4.74 Å². The van der Waals surface area contributed by atoms with Crippen molar-refractivity contribution in [2.24, 2.45) is 0 Å². The molecule has 0 radical (unpaired) electrons. The summed E-state index contributed by atoms with van der Waals surface area (Å²) in [7, 11) is 1.61. The van der Waals surface area contributed by atoms with Crippen molar-refractivity contribution in [3.8, 4) is 11.4 Å². The smallest absolute Gasteiger partial charge is 0.268 e. The second-order valence-electron chi connectivity index (χ2n) is 5.68. The number of hydrogen-bond donors (Lipinski definition) is 2. The molecule has 0 bridgehead atoms. The highest BCUT2D eigenvalue weighted by Crippen LogP contribution is 2.21. The van der Waals surface area contributed by atoms with Crippen LogP contribution in [-0.2, 0) is 6.54 Å². The van der Waals surface area contributed by atoms with Gasteiger partial charge in [-0.1, -0.05) is 5.21 Å². The summed E-state index contributed by atoms with van der Waals surface area (Å²) in [6.07, 6.45) is 5.14. The summed E-state index contributed by atoms with van der Waals surface area (Å²) in [6, 6.07) is 11.1. The highest BCUT2D eigenvalue weighted by atomic mass is 16.5. The molecule has 8 nitrogen and oxygen atoms in total. The molecule has 8 heteroatoms. The molecule has 3 heterocycles. The highest BCUT2D eigenvalue weighted by molar-refractivity contribution is 5.98. The molecule has 0 fully saturated rings. The van der Waals surface area contributed by atoms with Crippen molar-refractivity contribution in [1.29, 1.82) is 0 Å². The van der Waals surface area contributed by atoms with E-state index in [0.29, 0.717) is 11.4 Å². The number of amides is 1. The van der Waals surface area contributed by atoms with Gasteiger partial charge in [0.15, 0.2) is 0 Å². The van der Waals surface area contributed by atoms with Gasteiger partial charge in [0.1, 0.15) is 17.1 Å². The topological polar surface area (TPSA) is 97.7 Å². The van der Waals surface area contributed by atoms with E-state index in [1.165, 1.54) is 0 Å². The van der Waals surface area contributed by atoms with Crippen LogP contribution in [-0.4, -0.2) is 38.0 Å². The molecule has 0 aliphatic heterocycles. The van der Waals surface area contributed by atoms with Crippen LogP contribution in [0.3, 0.4) is 0 Å². The maximum Gasteiger partial charge on any atom is 0.268 e. The number of carbonyl (C=O) groups excluding carboxylic acids is 1. The van der Waals surface area contributed by atoms with Gasteiger partial charge in [-0.2, -0.15) is 0 Å². The van der Waals surface area contributed by atoms with Crippen LogP contribution in [0.1, 0.15) is 16.2 Å². The number of aromatic nitrogens is 5. The van der Waals surface area contributed by atoms with E-state index in [-0.39, 0.29) is 12.5 Å². The number of aromatic amines is 1. The van der Waals surface area contributed by atoms with Crippen molar-refractivity contribution < 1.29 is 9.53 Å². The molecule has 0 saturated heterocycles. The molecule has 0 aliphatic carbocycles. The van der Waals surface area contributed by atoms with Crippen LogP contribution in [0.15, 0.2) is 55.0 Å². The lowest BCUT2D eigenvalue weighted by Crippen LogP contribution is -2.23. The third kappa shape index (κ3) is 3.12. The molecule has 0 aliphatic rings. The first-order valence-corrected chi connectivity index (χ1v) is 7.99. The van der Waals surface area contributed by atoms with Crippen LogP contribution in [0.5, 0.6) is 5.75 Å². The molecule has 130 valence electrons. The van der Waals surface area contributed by atoms with Crippen LogP contribution in [0, 0.1) is 0 Å². The summed E-state index contributed by atoms with van der Waals surface area (Å²) in [5.41, 5.74) is 2.78. The summed E-state index contributed by atoms with van der Waals surface area (Å²) >= 11 is 0. The number of nitrogens with one attached hydrogen (secondary N) is 2. The predicted octanol–water partition coefficient (Wildman–Crippen LogP) is 2.08. The zero-order chi connectivity index (χ0) is 17.9. The van der Waals surface area contributed by atoms with Gasteiger partial charge in [-0.25, -0.2) is 4.68 Å². The van der Waals surface area contributed by atoms with E-state index in [9.17, 15) is 4.79 Å². The molecule has 0 unspecified atom stereocenters. The first-order valence-electron chi connectivity index (χ1n) is 7.99. The maximum absolute atomic E-state index is 12.4. The van der Waals surface area contributed by atoms with Crippen LogP contribution in [0.25, 0.3) is 16.6 Å². The molecule has 26 heavy (non-hydrogen) atoms. The molecule has 0 spiro atoms. The van der Waals surface area contributed by atoms with Gasteiger partial charge in [0.25, 0.3) is 5.91 Å². The SMILES string of the molecule is COc1ccc2cc(C(=O)NCc3cn(-c4cccnc4)nn3)[nH]c2c1. The minimum atomic E-state index is -0.212. The Morgan fingerprint density at radius 3 is 3.04 bits per heavy atom. The number of benzene rings is 1. The highest BCUT2D eigenvalue weighted by Gasteiger charge is 2.11. The summed E-state index contributed by atoms with van der Waals surface area (Å²) in [5.74, 6) is 0.523. The van der Waals surface area contributed by atoms with Crippen molar-refractivity contribution in [3.63, 3.8) is 0 Å². The number of fused-ring (bicyclic) bond motifs is 1. The minimum Gasteiger partial charge on any atom is -0.497 e. The van der Waals surface area contributed by atoms with Crippen LogP contribution in [0.4, 0.5) is 0 Å². The Labute approximate surface area is 148 Å². The maximum atomic E-state index is 12.4. The third-order valence-electron chi connectivity index (χ3n) is 3.96. The lowest BCUT2D eigenvalue weighted by molar-refractivity contribution is 0.0946. The van der Waals surface area contributed by atoms with E-state index in [1.807, 2.05) is 30.3 Å². The minimum absolute atomic E-state index is 0.212. The molecule has 0 atom stereocenters. The molecular weight excluding hydrogens is 332 g/mol. The first-order chi connectivity index (χ1) is 12.7. The second kappa shape index (κ2) is 6.67. The van der Waals surface area contributed by atoms with Gasteiger partial charge in [-0.3, -0.25) is 9.78 Å². The Morgan fingerprint density at radius 2 is 2.23 bits per heavy atom. The molecule has 1 aromatic carbocycles. The van der Waals surface area contributed by atoms with E-state index < -0.39 is 0 Å². The monoisotopic (exact) mass is 348 g/mol. The van der Waals surface area contributed by atoms with Gasteiger partial charge in [0.05, 0.1) is 31.7 Å². The fraction of sp³-hybridized carbons (Fsp3) is 0.111. The summed E-state index contributed by atoms with van der Waals surface area (Å²) in [5, 5.41) is 11.9. The zero-order valence-electron chi connectivity index (χ0n) is 14.0. The van der Waals surface area contributed by atoms with E-state index in [0.717, 1.165) is 22.3 Å². The number of H-pyrrole nitrogens is 1. The molecular formula is C18H16N6O2. The Morgan fingerprint density at radius 1 is 1.31 bits per heavy atom. The largest absolute Gasteiger partial charge is 0.497 e. The summed E-state index contributed by atoms with van der Waals surface area (Å²) in [4.78, 5) is 19.5. The lowest BCUT2D eigenvalue weighted by atomic mass is 10.2. The van der Waals surface area contributed by atoms with E-state index in [1.54, 1.807) is 36.4 Å². The first kappa shape index (κ1) is 15.8. The number of hydrogen-bond acceptors (Lipinski definition) is 5. The number of carbonyl (C=O) groups is 1. The third-order valence-corrected chi connectivity index (χ3v) is 3.96. The molecule has 4 aromatic rings. The van der Waals surface area contributed by atoms with Crippen molar-refractivity contribution in [2.45, 2.75) is 6.54 Å². The normalized spacial score (nSPS) is 10.8. The Bertz CT molecular complexity index is 1050. The number of ether oxygens (including phenoxy) is 1. The standard InChI is InChI=1S/C18H16N6O2/c1-26-15-5-4-12-7-17(21-16(12)8-15)18(25)20-9-13-11-24(23-22-13)14-3-2-6-19-10-14/h2-8,10-11,21H,9H2,1H3,(H,20,25). The molecule has 4 rings (SSSR count). The predicted molar refractivity (Wildman–Crippen MR) is 95.2 cm³/mol. The van der Waals surface area contributed by atoms with Crippen LogP contribution < -0.4 is 10.1 Å². The van der Waals surface area contributed by atoms with Crippen LogP contribution >= 0.6 is 0 Å². The number of rotatable bonds is 5. The summed E-state index contributed by atoms with van der Waals surface area (Å²) < 4.78 is 6.81. The number of nitrogens with zero attached hydrogens (tertiary/aromatic N) is 4. The van der Waals surface area contributed by atoms with Crippen LogP contribution in [0.2, 0.25) is 0 Å². The van der Waals surface area contributed by atoms with Gasteiger partial charge < -0.3 is 15.0 Å². The average Bonchev–Trinajstić information content (AvgIpc) is 3.33. The Kier molecular flexibility index (Phi) is 4.06. The molecule has 0 saturated carbocycles. The number of methoxy groups -OCH3 is 1. The Hall–Kier alpha value is -3.68. The average molecular weight is 348 g/mol. The van der Waals surface area contributed by atoms with Gasteiger partial charge in [-0.15, -0.1) is 5.10 Å². The van der Waals surface area contributed by atoms with Crippen molar-refractivity contribution >= 4 is 16.8 Å². The quantitative estimate of drug-likeness (QED) is 0.575. The van der Waals surface area contributed by atoms with Crippen molar-refractivity contribution in [3.05, 3.63) is 66.4 Å².